The third-order valence-electron chi connectivity index (χ3n) is 10.7. The van der Waals surface area contributed by atoms with E-state index in [1.165, 1.54) is 17.5 Å². The van der Waals surface area contributed by atoms with Crippen molar-refractivity contribution in [2.75, 3.05) is 58.0 Å². The molecule has 3 aromatic heterocycles. The van der Waals surface area contributed by atoms with Crippen molar-refractivity contribution >= 4 is 44.8 Å². The topological polar surface area (TPSA) is 148 Å². The molecule has 3 aliphatic heterocycles. The van der Waals surface area contributed by atoms with E-state index in [9.17, 15) is 19.5 Å². The van der Waals surface area contributed by atoms with E-state index >= 15 is 0 Å². The molecule has 9 rings (SSSR count). The summed E-state index contributed by atoms with van der Waals surface area (Å²) in [5.41, 5.74) is 3.19. The second-order valence-electron chi connectivity index (χ2n) is 13.4. The number of anilines is 1. The summed E-state index contributed by atoms with van der Waals surface area (Å²) in [6.07, 6.45) is 8.12. The van der Waals surface area contributed by atoms with Crippen molar-refractivity contribution in [3.63, 3.8) is 0 Å². The Morgan fingerprint density at radius 3 is 2.69 bits per heavy atom. The molecule has 3 saturated carbocycles. The van der Waals surface area contributed by atoms with Crippen LogP contribution in [0.5, 0.6) is 11.5 Å². The predicted octanol–water partition coefficient (Wildman–Crippen LogP) is 2.51. The summed E-state index contributed by atoms with van der Waals surface area (Å²) in [5, 5.41) is 14.9. The standard InChI is InChI=1S/C34H40N6O7S/c1-3-22-27(38-7-9-39(10-8-38)33(44)26-28(42)21-6-13-47-24(21)17-35-26)29(43)30-31(36-32(48-30)19-4-11-46-12-5-19)40(22)18-25(41)37-34-14-20(15-34)23(16-34)45-2/h4,17,20,23,42H,3,5-16,18H2,1-2H3,(H,37,41). The lowest BCUT2D eigenvalue weighted by atomic mass is 9.77. The molecular weight excluding hydrogens is 636 g/mol. The second-order valence-corrected chi connectivity index (χ2v) is 14.4. The van der Waals surface area contributed by atoms with Crippen LogP contribution in [0.2, 0.25) is 0 Å². The molecule has 254 valence electrons. The maximum Gasteiger partial charge on any atom is 0.276 e. The smallest absolute Gasteiger partial charge is 0.276 e. The van der Waals surface area contributed by atoms with Gasteiger partial charge in [0, 0.05) is 56.5 Å². The summed E-state index contributed by atoms with van der Waals surface area (Å²) in [5.74, 6) is 0.435. The van der Waals surface area contributed by atoms with Gasteiger partial charge in [-0.2, -0.15) is 0 Å². The Hall–Kier alpha value is -4.01. The van der Waals surface area contributed by atoms with Crippen LogP contribution in [-0.2, 0) is 33.7 Å². The summed E-state index contributed by atoms with van der Waals surface area (Å²) in [6, 6.07) is 0. The number of hydrogen-bond donors (Lipinski definition) is 2. The first-order valence-electron chi connectivity index (χ1n) is 16.8. The molecule has 1 saturated heterocycles. The van der Waals surface area contributed by atoms with Gasteiger partial charge in [-0.15, -0.1) is 11.3 Å². The zero-order chi connectivity index (χ0) is 33.2. The normalized spacial score (nSPS) is 24.7. The molecule has 6 aliphatic rings. The zero-order valence-electron chi connectivity index (χ0n) is 27.2. The van der Waals surface area contributed by atoms with Crippen LogP contribution in [0.4, 0.5) is 5.69 Å². The Balaban J connectivity index is 1.10. The fraction of sp³-hybridized carbons (Fsp3) is 0.559. The number of aromatic hydroxyl groups is 1. The van der Waals surface area contributed by atoms with Gasteiger partial charge < -0.3 is 39.0 Å². The van der Waals surface area contributed by atoms with Crippen LogP contribution in [0, 0.1) is 5.92 Å². The van der Waals surface area contributed by atoms with Gasteiger partial charge in [0.15, 0.2) is 17.1 Å². The number of carbonyl (C=O) groups excluding carboxylic acids is 2. The Kier molecular flexibility index (Phi) is 7.91. The minimum atomic E-state index is -0.348. The van der Waals surface area contributed by atoms with Crippen molar-refractivity contribution < 1.29 is 28.9 Å². The van der Waals surface area contributed by atoms with Crippen LogP contribution in [0.1, 0.15) is 59.4 Å². The van der Waals surface area contributed by atoms with Crippen LogP contribution < -0.4 is 20.4 Å². The molecule has 1 unspecified atom stereocenters. The lowest BCUT2D eigenvalue weighted by Crippen LogP contribution is -2.53. The summed E-state index contributed by atoms with van der Waals surface area (Å²) in [7, 11) is 1.74. The number of methoxy groups -OCH3 is 1. The number of aromatic nitrogens is 3. The second kappa shape index (κ2) is 12.1. The number of carbonyl (C=O) groups is 2. The van der Waals surface area contributed by atoms with E-state index in [2.05, 4.69) is 10.3 Å². The fourth-order valence-corrected chi connectivity index (χ4v) is 9.35. The molecule has 4 fully saturated rings. The molecule has 6 heterocycles. The van der Waals surface area contributed by atoms with Gasteiger partial charge in [0.2, 0.25) is 11.3 Å². The maximum absolute atomic E-state index is 14.4. The van der Waals surface area contributed by atoms with Gasteiger partial charge in [-0.05, 0) is 43.6 Å². The Morgan fingerprint density at radius 2 is 1.98 bits per heavy atom. The van der Waals surface area contributed by atoms with Crippen LogP contribution in [0.3, 0.4) is 0 Å². The Labute approximate surface area is 281 Å². The molecule has 48 heavy (non-hydrogen) atoms. The van der Waals surface area contributed by atoms with Crippen LogP contribution in [0.15, 0.2) is 17.1 Å². The van der Waals surface area contributed by atoms with Gasteiger partial charge in [0.05, 0.1) is 32.1 Å². The SMILES string of the molecule is CCc1c(N2CCN(C(=O)c3ncc4c(c3O)CCO4)CC2)c(=O)c2sc(C3=CCOCC3)nc2n1CC(=O)NC12CC(C1)C(OC)C2. The lowest BCUT2D eigenvalue weighted by molar-refractivity contribution is -0.124. The van der Waals surface area contributed by atoms with E-state index in [1.54, 1.807) is 12.0 Å². The minimum absolute atomic E-state index is 0.0210. The monoisotopic (exact) mass is 676 g/mol. The first-order valence-corrected chi connectivity index (χ1v) is 17.7. The number of hydrogen-bond acceptors (Lipinski definition) is 11. The molecule has 1 atom stereocenters. The van der Waals surface area contributed by atoms with Gasteiger partial charge in [-0.1, -0.05) is 13.0 Å². The van der Waals surface area contributed by atoms with Gasteiger partial charge in [0.1, 0.15) is 27.7 Å². The minimum Gasteiger partial charge on any atom is -0.505 e. The first kappa shape index (κ1) is 31.3. The predicted molar refractivity (Wildman–Crippen MR) is 179 cm³/mol. The van der Waals surface area contributed by atoms with E-state index in [-0.39, 0.29) is 46.9 Å². The van der Waals surface area contributed by atoms with E-state index in [4.69, 9.17) is 19.2 Å². The largest absolute Gasteiger partial charge is 0.505 e. The Morgan fingerprint density at radius 1 is 1.17 bits per heavy atom. The number of piperazine rings is 1. The molecule has 13 nitrogen and oxygen atoms in total. The highest BCUT2D eigenvalue weighted by atomic mass is 32.1. The number of rotatable bonds is 8. The molecular formula is C34H40N6O7S. The van der Waals surface area contributed by atoms with Gasteiger partial charge >= 0.3 is 0 Å². The summed E-state index contributed by atoms with van der Waals surface area (Å²) >= 11 is 1.37. The van der Waals surface area contributed by atoms with Crippen molar-refractivity contribution in [3.8, 4) is 11.5 Å². The third-order valence-corrected chi connectivity index (χ3v) is 11.8. The highest BCUT2D eigenvalue weighted by Gasteiger charge is 2.57. The molecule has 0 aromatic carbocycles. The number of fused-ring (bicyclic) bond motifs is 3. The van der Waals surface area contributed by atoms with Gasteiger partial charge in [0.25, 0.3) is 5.91 Å². The van der Waals surface area contributed by atoms with Crippen molar-refractivity contribution in [1.29, 1.82) is 0 Å². The number of amides is 2. The molecule has 14 heteroatoms. The maximum atomic E-state index is 14.4. The van der Waals surface area contributed by atoms with E-state index in [0.717, 1.165) is 35.5 Å². The Bertz CT molecular complexity index is 1890. The van der Waals surface area contributed by atoms with Crippen LogP contribution >= 0.6 is 11.3 Å². The number of pyridine rings is 2. The first-order chi connectivity index (χ1) is 23.3. The van der Waals surface area contributed by atoms with Gasteiger partial charge in [-0.25, -0.2) is 9.97 Å². The van der Waals surface area contributed by atoms with Crippen molar-refractivity contribution in [2.45, 2.75) is 63.6 Å². The summed E-state index contributed by atoms with van der Waals surface area (Å²) in [4.78, 5) is 54.5. The van der Waals surface area contributed by atoms with Crippen molar-refractivity contribution in [2.24, 2.45) is 5.92 Å². The van der Waals surface area contributed by atoms with E-state index < -0.39 is 0 Å². The molecule has 0 radical (unpaired) electrons. The summed E-state index contributed by atoms with van der Waals surface area (Å²) in [6.45, 7) is 5.12. The van der Waals surface area contributed by atoms with Crippen molar-refractivity contribution in [1.82, 2.24) is 24.8 Å². The molecule has 3 aromatic rings. The molecule has 2 amide bonds. The highest BCUT2D eigenvalue weighted by Crippen LogP contribution is 2.53. The fourth-order valence-electron chi connectivity index (χ4n) is 8.27. The third kappa shape index (κ3) is 5.15. The van der Waals surface area contributed by atoms with E-state index in [0.29, 0.717) is 98.5 Å². The van der Waals surface area contributed by atoms with Crippen LogP contribution in [-0.4, -0.2) is 101 Å². The van der Waals surface area contributed by atoms with Gasteiger partial charge in [-0.3, -0.25) is 14.4 Å². The molecule has 2 bridgehead atoms. The van der Waals surface area contributed by atoms with E-state index in [1.807, 2.05) is 22.5 Å². The highest BCUT2D eigenvalue weighted by molar-refractivity contribution is 7.19. The molecule has 0 spiro atoms. The zero-order valence-corrected chi connectivity index (χ0v) is 28.1. The average molecular weight is 677 g/mol. The molecule has 2 N–H and O–H groups in total. The van der Waals surface area contributed by atoms with Crippen LogP contribution in [0.25, 0.3) is 15.9 Å². The lowest BCUT2D eigenvalue weighted by Gasteiger charge is -2.39. The average Bonchev–Trinajstić information content (AvgIpc) is 3.89. The molecule has 3 aliphatic carbocycles. The van der Waals surface area contributed by atoms with Crippen molar-refractivity contribution in [3.05, 3.63) is 44.5 Å². The number of ether oxygens (including phenoxy) is 3. The number of thiazole rings is 1. The number of nitrogens with zero attached hydrogens (tertiary/aromatic N) is 5. The quantitative estimate of drug-likeness (QED) is 0.365. The number of nitrogens with one attached hydrogen (secondary N) is 1. The summed E-state index contributed by atoms with van der Waals surface area (Å²) < 4.78 is 19.1.